The number of hydrogen-bond acceptors (Lipinski definition) is 2. The number of para-hydroxylation sites is 1. The van der Waals surface area contributed by atoms with Crippen molar-refractivity contribution >= 4 is 17.7 Å². The normalized spacial score (nSPS) is 15.2. The van der Waals surface area contributed by atoms with Gasteiger partial charge in [-0.05, 0) is 30.7 Å². The van der Waals surface area contributed by atoms with Crippen LogP contribution in [0.4, 0.5) is 5.69 Å². The zero-order chi connectivity index (χ0) is 16.1. The molecule has 0 aromatic heterocycles. The fourth-order valence-electron chi connectivity index (χ4n) is 2.87. The Bertz CT molecular complexity index is 686. The molecule has 0 spiro atoms. The monoisotopic (exact) mass is 306 g/mol. The number of piperazine rings is 1. The van der Waals surface area contributed by atoms with Crippen LogP contribution in [0.3, 0.4) is 0 Å². The molecule has 1 fully saturated rings. The number of rotatable bonds is 3. The van der Waals surface area contributed by atoms with Crippen molar-refractivity contribution in [2.75, 3.05) is 31.1 Å². The Morgan fingerprint density at radius 2 is 1.70 bits per heavy atom. The fourth-order valence-corrected chi connectivity index (χ4v) is 2.87. The van der Waals surface area contributed by atoms with Crippen LogP contribution in [0.5, 0.6) is 0 Å². The molecule has 3 heteroatoms. The zero-order valence-corrected chi connectivity index (χ0v) is 13.5. The highest BCUT2D eigenvalue weighted by atomic mass is 16.2. The van der Waals surface area contributed by atoms with Crippen LogP contribution in [0.15, 0.2) is 60.7 Å². The average Bonchev–Trinajstić information content (AvgIpc) is 2.61. The Morgan fingerprint density at radius 3 is 2.39 bits per heavy atom. The summed E-state index contributed by atoms with van der Waals surface area (Å²) in [7, 11) is 0. The summed E-state index contributed by atoms with van der Waals surface area (Å²) in [4.78, 5) is 16.6. The molecule has 2 aromatic rings. The van der Waals surface area contributed by atoms with Crippen molar-refractivity contribution in [1.82, 2.24) is 4.90 Å². The molecule has 0 aliphatic carbocycles. The molecule has 1 amide bonds. The van der Waals surface area contributed by atoms with Crippen LogP contribution >= 0.6 is 0 Å². The van der Waals surface area contributed by atoms with Crippen LogP contribution in [0.1, 0.15) is 11.1 Å². The van der Waals surface area contributed by atoms with Crippen molar-refractivity contribution in [2.24, 2.45) is 0 Å². The third-order valence-corrected chi connectivity index (χ3v) is 4.17. The highest BCUT2D eigenvalue weighted by Crippen LogP contribution is 2.16. The van der Waals surface area contributed by atoms with Gasteiger partial charge in [-0.2, -0.15) is 0 Å². The topological polar surface area (TPSA) is 23.6 Å². The van der Waals surface area contributed by atoms with Gasteiger partial charge < -0.3 is 9.80 Å². The molecule has 1 saturated heterocycles. The summed E-state index contributed by atoms with van der Waals surface area (Å²) in [5.74, 6) is 0.0965. The molecule has 118 valence electrons. The highest BCUT2D eigenvalue weighted by molar-refractivity contribution is 5.92. The van der Waals surface area contributed by atoms with Gasteiger partial charge in [0.05, 0.1) is 0 Å². The summed E-state index contributed by atoms with van der Waals surface area (Å²) < 4.78 is 0. The average molecular weight is 306 g/mol. The van der Waals surface area contributed by atoms with E-state index in [0.717, 1.165) is 31.7 Å². The van der Waals surface area contributed by atoms with Crippen LogP contribution in [-0.2, 0) is 4.79 Å². The van der Waals surface area contributed by atoms with E-state index < -0.39 is 0 Å². The number of nitrogens with zero attached hydrogens (tertiary/aromatic N) is 2. The van der Waals surface area contributed by atoms with E-state index in [9.17, 15) is 4.79 Å². The van der Waals surface area contributed by atoms with Gasteiger partial charge in [0.1, 0.15) is 0 Å². The second kappa shape index (κ2) is 7.14. The number of benzene rings is 2. The molecule has 0 bridgehead atoms. The predicted octanol–water partition coefficient (Wildman–Crippen LogP) is 3.36. The van der Waals surface area contributed by atoms with Gasteiger partial charge in [0, 0.05) is 37.9 Å². The lowest BCUT2D eigenvalue weighted by Crippen LogP contribution is -2.48. The van der Waals surface area contributed by atoms with E-state index in [0.29, 0.717) is 0 Å². The SMILES string of the molecule is Cc1cccc(/C=C/C(=O)N2CCN(c3ccccc3)CC2)c1. The molecule has 23 heavy (non-hydrogen) atoms. The van der Waals surface area contributed by atoms with Gasteiger partial charge in [-0.15, -0.1) is 0 Å². The third-order valence-electron chi connectivity index (χ3n) is 4.17. The van der Waals surface area contributed by atoms with E-state index in [2.05, 4.69) is 48.2 Å². The molecule has 3 nitrogen and oxygen atoms in total. The molecular weight excluding hydrogens is 284 g/mol. The summed E-state index contributed by atoms with van der Waals surface area (Å²) in [6.45, 7) is 5.36. The minimum Gasteiger partial charge on any atom is -0.368 e. The zero-order valence-electron chi connectivity index (χ0n) is 13.5. The van der Waals surface area contributed by atoms with E-state index in [1.165, 1.54) is 11.3 Å². The quantitative estimate of drug-likeness (QED) is 0.812. The Kier molecular flexibility index (Phi) is 4.77. The first-order valence-electron chi connectivity index (χ1n) is 8.06. The molecule has 1 heterocycles. The number of hydrogen-bond donors (Lipinski definition) is 0. The van der Waals surface area contributed by atoms with Gasteiger partial charge >= 0.3 is 0 Å². The van der Waals surface area contributed by atoms with Crippen molar-refractivity contribution in [3.8, 4) is 0 Å². The maximum Gasteiger partial charge on any atom is 0.246 e. The van der Waals surface area contributed by atoms with E-state index in [4.69, 9.17) is 0 Å². The molecule has 1 aliphatic rings. The molecule has 3 rings (SSSR count). The molecular formula is C20H22N2O. The molecule has 0 N–H and O–H groups in total. The molecule has 0 atom stereocenters. The van der Waals surface area contributed by atoms with E-state index in [1.807, 2.05) is 29.2 Å². The first-order valence-corrected chi connectivity index (χ1v) is 8.06. The van der Waals surface area contributed by atoms with Crippen molar-refractivity contribution < 1.29 is 4.79 Å². The van der Waals surface area contributed by atoms with E-state index in [1.54, 1.807) is 6.08 Å². The van der Waals surface area contributed by atoms with Crippen LogP contribution in [0.25, 0.3) is 6.08 Å². The van der Waals surface area contributed by atoms with Crippen molar-refractivity contribution in [3.05, 3.63) is 71.8 Å². The first kappa shape index (κ1) is 15.3. The van der Waals surface area contributed by atoms with Crippen LogP contribution in [-0.4, -0.2) is 37.0 Å². The van der Waals surface area contributed by atoms with E-state index in [-0.39, 0.29) is 5.91 Å². The maximum absolute atomic E-state index is 12.3. The summed E-state index contributed by atoms with van der Waals surface area (Å²) in [6.07, 6.45) is 3.59. The summed E-state index contributed by atoms with van der Waals surface area (Å²) in [6, 6.07) is 18.5. The standard InChI is InChI=1S/C20H22N2O/c1-17-6-5-7-18(16-17)10-11-20(23)22-14-12-21(13-15-22)19-8-3-2-4-9-19/h2-11,16H,12-15H2,1H3/b11-10+. The Morgan fingerprint density at radius 1 is 0.957 bits per heavy atom. The third kappa shape index (κ3) is 4.01. The predicted molar refractivity (Wildman–Crippen MR) is 95.4 cm³/mol. The van der Waals surface area contributed by atoms with Gasteiger partial charge in [0.25, 0.3) is 0 Å². The lowest BCUT2D eigenvalue weighted by atomic mass is 10.1. The number of anilines is 1. The van der Waals surface area contributed by atoms with Crippen LogP contribution in [0, 0.1) is 6.92 Å². The minimum atomic E-state index is 0.0965. The van der Waals surface area contributed by atoms with Crippen molar-refractivity contribution in [3.63, 3.8) is 0 Å². The van der Waals surface area contributed by atoms with Gasteiger partial charge in [-0.1, -0.05) is 48.0 Å². The molecule has 0 radical (unpaired) electrons. The Hall–Kier alpha value is -2.55. The van der Waals surface area contributed by atoms with Gasteiger partial charge in [0.2, 0.25) is 5.91 Å². The first-order chi connectivity index (χ1) is 11.2. The largest absolute Gasteiger partial charge is 0.368 e. The highest BCUT2D eigenvalue weighted by Gasteiger charge is 2.19. The number of amides is 1. The number of carbonyl (C=O) groups is 1. The molecule has 0 saturated carbocycles. The lowest BCUT2D eigenvalue weighted by molar-refractivity contribution is -0.126. The number of aryl methyl sites for hydroxylation is 1. The maximum atomic E-state index is 12.3. The van der Waals surface area contributed by atoms with Crippen LogP contribution < -0.4 is 4.90 Å². The summed E-state index contributed by atoms with van der Waals surface area (Å²) in [5.41, 5.74) is 3.51. The van der Waals surface area contributed by atoms with Gasteiger partial charge in [-0.25, -0.2) is 0 Å². The fraction of sp³-hybridized carbons (Fsp3) is 0.250. The Labute approximate surface area is 137 Å². The molecule has 2 aromatic carbocycles. The second-order valence-corrected chi connectivity index (χ2v) is 5.90. The second-order valence-electron chi connectivity index (χ2n) is 5.90. The van der Waals surface area contributed by atoms with Crippen molar-refractivity contribution in [1.29, 1.82) is 0 Å². The minimum absolute atomic E-state index is 0.0965. The van der Waals surface area contributed by atoms with Crippen molar-refractivity contribution in [2.45, 2.75) is 6.92 Å². The van der Waals surface area contributed by atoms with Gasteiger partial charge in [-0.3, -0.25) is 4.79 Å². The van der Waals surface area contributed by atoms with Crippen LogP contribution in [0.2, 0.25) is 0 Å². The lowest BCUT2D eigenvalue weighted by Gasteiger charge is -2.35. The molecule has 0 unspecified atom stereocenters. The van der Waals surface area contributed by atoms with E-state index >= 15 is 0 Å². The smallest absolute Gasteiger partial charge is 0.246 e. The Balaban J connectivity index is 1.56. The van der Waals surface area contributed by atoms with Gasteiger partial charge in [0.15, 0.2) is 0 Å². The number of carbonyl (C=O) groups excluding carboxylic acids is 1. The summed E-state index contributed by atoms with van der Waals surface area (Å²) in [5, 5.41) is 0. The summed E-state index contributed by atoms with van der Waals surface area (Å²) >= 11 is 0. The molecule has 1 aliphatic heterocycles.